The molecule has 0 N–H and O–H groups in total. The van der Waals surface area contributed by atoms with Crippen LogP contribution in [0.3, 0.4) is 0 Å². The van der Waals surface area contributed by atoms with Gasteiger partial charge in [0.2, 0.25) is 0 Å². The summed E-state index contributed by atoms with van der Waals surface area (Å²) in [6.07, 6.45) is 2.41. The minimum Gasteiger partial charge on any atom is -0.486 e. The van der Waals surface area contributed by atoms with Gasteiger partial charge < -0.3 is 14.2 Å². The average molecular weight is 270 g/mol. The van der Waals surface area contributed by atoms with Crippen LogP contribution in [0.2, 0.25) is 0 Å². The Balaban J connectivity index is 2.59. The quantitative estimate of drug-likeness (QED) is 0.421. The Hall–Kier alpha value is -1.81. The summed E-state index contributed by atoms with van der Waals surface area (Å²) in [5, 5.41) is 0. The summed E-state index contributed by atoms with van der Waals surface area (Å²) in [6.45, 7) is 2.85. The Labute approximate surface area is 111 Å². The van der Waals surface area contributed by atoms with Crippen molar-refractivity contribution in [3.63, 3.8) is 0 Å². The van der Waals surface area contributed by atoms with E-state index in [1.807, 2.05) is 0 Å². The fourth-order valence-corrected chi connectivity index (χ4v) is 2.21. The zero-order chi connectivity index (χ0) is 14.3. The van der Waals surface area contributed by atoms with Crippen molar-refractivity contribution in [3.05, 3.63) is 6.26 Å². The highest BCUT2D eigenvalue weighted by Gasteiger charge is 2.34. The topological polar surface area (TPSA) is 78.9 Å². The van der Waals surface area contributed by atoms with Gasteiger partial charge in [0.15, 0.2) is 12.2 Å². The van der Waals surface area contributed by atoms with Gasteiger partial charge in [-0.05, 0) is 19.3 Å². The van der Waals surface area contributed by atoms with E-state index in [9.17, 15) is 14.4 Å². The highest BCUT2D eigenvalue weighted by atomic mass is 16.6. The SMILES string of the molecule is CC(=O)OC[C@H]1C[C@H](OC=C=O)CC[C@@H]1OC(C)=O. The van der Waals surface area contributed by atoms with E-state index in [2.05, 4.69) is 0 Å². The van der Waals surface area contributed by atoms with E-state index < -0.39 is 0 Å². The molecular weight excluding hydrogens is 252 g/mol. The molecule has 1 aliphatic rings. The molecule has 0 heterocycles. The first-order valence-electron chi connectivity index (χ1n) is 6.18. The van der Waals surface area contributed by atoms with Gasteiger partial charge in [0.1, 0.15) is 6.10 Å². The van der Waals surface area contributed by atoms with Crippen molar-refractivity contribution in [2.45, 2.75) is 45.3 Å². The van der Waals surface area contributed by atoms with E-state index in [4.69, 9.17) is 14.2 Å². The van der Waals surface area contributed by atoms with Crippen LogP contribution in [0.4, 0.5) is 0 Å². The molecule has 0 aromatic heterocycles. The fraction of sp³-hybridized carbons (Fsp3) is 0.692. The van der Waals surface area contributed by atoms with E-state index in [0.717, 1.165) is 6.26 Å². The molecule has 0 bridgehead atoms. The number of carbonyl (C=O) groups excluding carboxylic acids is 3. The highest BCUT2D eigenvalue weighted by Crippen LogP contribution is 2.29. The number of ether oxygens (including phenoxy) is 3. The van der Waals surface area contributed by atoms with Crippen molar-refractivity contribution in [1.29, 1.82) is 0 Å². The maximum atomic E-state index is 11.0. The second-order valence-electron chi connectivity index (χ2n) is 4.52. The van der Waals surface area contributed by atoms with E-state index in [1.54, 1.807) is 5.94 Å². The van der Waals surface area contributed by atoms with Gasteiger partial charge in [-0.25, -0.2) is 4.79 Å². The minimum atomic E-state index is -0.377. The Morgan fingerprint density at radius 1 is 1.26 bits per heavy atom. The van der Waals surface area contributed by atoms with Crippen molar-refractivity contribution in [3.8, 4) is 0 Å². The average Bonchev–Trinajstić information content (AvgIpc) is 2.35. The summed E-state index contributed by atoms with van der Waals surface area (Å²) >= 11 is 0. The van der Waals surface area contributed by atoms with Crippen LogP contribution in [-0.2, 0) is 28.6 Å². The Bertz CT molecular complexity index is 371. The lowest BCUT2D eigenvalue weighted by molar-refractivity contribution is -0.157. The number of esters is 2. The smallest absolute Gasteiger partial charge is 0.302 e. The van der Waals surface area contributed by atoms with Gasteiger partial charge in [0.25, 0.3) is 0 Å². The molecule has 0 aromatic carbocycles. The fourth-order valence-electron chi connectivity index (χ4n) is 2.21. The molecule has 0 saturated heterocycles. The second kappa shape index (κ2) is 7.59. The molecule has 6 heteroatoms. The number of carbonyl (C=O) groups is 2. The maximum absolute atomic E-state index is 11.0. The monoisotopic (exact) mass is 270 g/mol. The van der Waals surface area contributed by atoms with Crippen molar-refractivity contribution in [1.82, 2.24) is 0 Å². The summed E-state index contributed by atoms with van der Waals surface area (Å²) in [7, 11) is 0. The zero-order valence-electron chi connectivity index (χ0n) is 11.1. The summed E-state index contributed by atoms with van der Waals surface area (Å²) in [6, 6.07) is 0. The molecule has 0 amide bonds. The largest absolute Gasteiger partial charge is 0.486 e. The Kier molecular flexibility index (Phi) is 6.09. The van der Waals surface area contributed by atoms with Crippen LogP contribution in [0, 0.1) is 5.92 Å². The summed E-state index contributed by atoms with van der Waals surface area (Å²) in [5.41, 5.74) is 0. The molecule has 0 spiro atoms. The molecule has 6 nitrogen and oxygen atoms in total. The standard InChI is InChI=1S/C13H18O6/c1-9(15)18-8-11-7-12(17-6-5-14)3-4-13(11)19-10(2)16/h6,11-13H,3-4,7-8H2,1-2H3/t11-,12-,13+/m1/s1. The van der Waals surface area contributed by atoms with Crippen LogP contribution in [0.5, 0.6) is 0 Å². The van der Waals surface area contributed by atoms with Gasteiger partial charge in [-0.15, -0.1) is 0 Å². The first-order valence-corrected chi connectivity index (χ1v) is 6.18. The molecule has 1 aliphatic carbocycles. The number of hydrogen-bond acceptors (Lipinski definition) is 6. The van der Waals surface area contributed by atoms with Crippen LogP contribution in [0.25, 0.3) is 0 Å². The minimum absolute atomic E-state index is 0.119. The number of hydrogen-bond donors (Lipinski definition) is 0. The number of rotatable bonds is 5. The van der Waals surface area contributed by atoms with E-state index in [1.165, 1.54) is 13.8 Å². The van der Waals surface area contributed by atoms with Crippen molar-refractivity contribution in [2.24, 2.45) is 5.92 Å². The predicted molar refractivity (Wildman–Crippen MR) is 64.7 cm³/mol. The zero-order valence-corrected chi connectivity index (χ0v) is 11.1. The van der Waals surface area contributed by atoms with Crippen LogP contribution in [-0.4, -0.2) is 36.7 Å². The van der Waals surface area contributed by atoms with Crippen LogP contribution in [0.15, 0.2) is 6.26 Å². The summed E-state index contributed by atoms with van der Waals surface area (Å²) < 4.78 is 15.4. The normalized spacial score (nSPS) is 25.9. The van der Waals surface area contributed by atoms with Gasteiger partial charge in [-0.3, -0.25) is 9.59 Å². The van der Waals surface area contributed by atoms with E-state index in [-0.39, 0.29) is 36.7 Å². The summed E-state index contributed by atoms with van der Waals surface area (Å²) in [5.74, 6) is 0.703. The molecule has 0 unspecified atom stereocenters. The third kappa shape index (κ3) is 5.57. The molecule has 106 valence electrons. The molecule has 3 atom stereocenters. The van der Waals surface area contributed by atoms with E-state index >= 15 is 0 Å². The molecule has 0 aliphatic heterocycles. The van der Waals surface area contributed by atoms with Crippen molar-refractivity contribution < 1.29 is 28.6 Å². The molecule has 1 rings (SSSR count). The molecule has 0 aromatic rings. The molecule has 0 radical (unpaired) electrons. The molecule has 19 heavy (non-hydrogen) atoms. The Morgan fingerprint density at radius 2 is 2.00 bits per heavy atom. The third-order valence-corrected chi connectivity index (χ3v) is 2.99. The molecule has 1 fully saturated rings. The second-order valence-corrected chi connectivity index (χ2v) is 4.52. The lowest BCUT2D eigenvalue weighted by Crippen LogP contribution is -2.38. The summed E-state index contributed by atoms with van der Waals surface area (Å²) in [4.78, 5) is 32.0. The van der Waals surface area contributed by atoms with Crippen LogP contribution >= 0.6 is 0 Å². The van der Waals surface area contributed by atoms with E-state index in [0.29, 0.717) is 19.3 Å². The third-order valence-electron chi connectivity index (χ3n) is 2.99. The first-order chi connectivity index (χ1) is 9.02. The van der Waals surface area contributed by atoms with Crippen molar-refractivity contribution in [2.75, 3.05) is 6.61 Å². The van der Waals surface area contributed by atoms with Crippen LogP contribution < -0.4 is 0 Å². The van der Waals surface area contributed by atoms with Gasteiger partial charge in [-0.1, -0.05) is 0 Å². The molecular formula is C13H18O6. The highest BCUT2D eigenvalue weighted by molar-refractivity contribution is 5.66. The van der Waals surface area contributed by atoms with Crippen LogP contribution in [0.1, 0.15) is 33.1 Å². The van der Waals surface area contributed by atoms with Gasteiger partial charge >= 0.3 is 11.9 Å². The Morgan fingerprint density at radius 3 is 2.58 bits per heavy atom. The maximum Gasteiger partial charge on any atom is 0.302 e. The van der Waals surface area contributed by atoms with Gasteiger partial charge in [0.05, 0.1) is 12.7 Å². The van der Waals surface area contributed by atoms with Gasteiger partial charge in [0, 0.05) is 19.8 Å². The lowest BCUT2D eigenvalue weighted by atomic mass is 9.85. The van der Waals surface area contributed by atoms with Gasteiger partial charge in [-0.2, -0.15) is 0 Å². The first kappa shape index (κ1) is 15.2. The van der Waals surface area contributed by atoms with Crippen molar-refractivity contribution >= 4 is 17.9 Å². The molecule has 1 saturated carbocycles. The predicted octanol–water partition coefficient (Wildman–Crippen LogP) is 1.01. The lowest BCUT2D eigenvalue weighted by Gasteiger charge is -2.34.